The van der Waals surface area contributed by atoms with Gasteiger partial charge in [0.25, 0.3) is 0 Å². The third-order valence-corrected chi connectivity index (χ3v) is 4.07. The van der Waals surface area contributed by atoms with Crippen LogP contribution < -0.4 is 0 Å². The van der Waals surface area contributed by atoms with E-state index in [1.54, 1.807) is 11.3 Å². The maximum absolute atomic E-state index is 10.8. The summed E-state index contributed by atoms with van der Waals surface area (Å²) in [6.07, 6.45) is 3.43. The van der Waals surface area contributed by atoms with Crippen LogP contribution in [0.2, 0.25) is 0 Å². The molecule has 0 spiro atoms. The van der Waals surface area contributed by atoms with Gasteiger partial charge in [-0.05, 0) is 32.1 Å². The van der Waals surface area contributed by atoms with E-state index >= 15 is 0 Å². The van der Waals surface area contributed by atoms with Gasteiger partial charge in [0.15, 0.2) is 0 Å². The Labute approximate surface area is 105 Å². The Hall–Kier alpha value is -0.940. The number of hydrogen-bond acceptors (Lipinski definition) is 4. The maximum atomic E-state index is 10.8. The number of nitrogens with zero attached hydrogens (tertiary/aromatic N) is 2. The summed E-state index contributed by atoms with van der Waals surface area (Å²) in [5, 5.41) is 8.88. The van der Waals surface area contributed by atoms with E-state index in [1.165, 1.54) is 17.7 Å². The van der Waals surface area contributed by atoms with Crippen molar-refractivity contribution in [2.75, 3.05) is 19.6 Å². The molecule has 0 saturated heterocycles. The van der Waals surface area contributed by atoms with Crippen molar-refractivity contribution in [2.24, 2.45) is 5.92 Å². The summed E-state index contributed by atoms with van der Waals surface area (Å²) in [7, 11) is 0. The van der Waals surface area contributed by atoms with Crippen molar-refractivity contribution in [3.63, 3.8) is 0 Å². The number of carboxylic acids is 1. The number of carboxylic acid groups (broad SMARTS) is 1. The maximum Gasteiger partial charge on any atom is 0.317 e. The Kier molecular flexibility index (Phi) is 4.12. The monoisotopic (exact) mass is 254 g/mol. The molecule has 1 N–H and O–H groups in total. The molecule has 0 atom stereocenters. The van der Waals surface area contributed by atoms with E-state index in [-0.39, 0.29) is 6.54 Å². The van der Waals surface area contributed by atoms with Gasteiger partial charge in [-0.2, -0.15) is 0 Å². The van der Waals surface area contributed by atoms with E-state index in [2.05, 4.69) is 9.88 Å². The lowest BCUT2D eigenvalue weighted by Gasteiger charge is -2.19. The molecule has 1 aromatic heterocycles. The van der Waals surface area contributed by atoms with E-state index in [0.717, 1.165) is 31.1 Å². The second-order valence-electron chi connectivity index (χ2n) is 4.68. The van der Waals surface area contributed by atoms with Crippen molar-refractivity contribution >= 4 is 17.3 Å². The standard InChI is InChI=1S/C12H18N2O2S/c1-9-11(17-8-13-9)4-5-14(7-12(15)16)6-10-2-3-10/h8,10H,2-7H2,1H3,(H,15,16). The molecule has 2 rings (SSSR count). The first-order chi connectivity index (χ1) is 8.15. The summed E-state index contributed by atoms with van der Waals surface area (Å²) < 4.78 is 0. The highest BCUT2D eigenvalue weighted by Crippen LogP contribution is 2.29. The zero-order valence-corrected chi connectivity index (χ0v) is 10.9. The number of aliphatic carboxylic acids is 1. The summed E-state index contributed by atoms with van der Waals surface area (Å²) in [5.74, 6) is 0.00332. The number of rotatable bonds is 7. The van der Waals surface area contributed by atoms with Crippen LogP contribution in [-0.2, 0) is 11.2 Å². The van der Waals surface area contributed by atoms with E-state index in [0.29, 0.717) is 0 Å². The third-order valence-electron chi connectivity index (χ3n) is 3.07. The highest BCUT2D eigenvalue weighted by atomic mass is 32.1. The lowest BCUT2D eigenvalue weighted by Crippen LogP contribution is -2.33. The highest BCUT2D eigenvalue weighted by Gasteiger charge is 2.25. The molecule has 5 heteroatoms. The molecule has 1 heterocycles. The predicted octanol–water partition coefficient (Wildman–Crippen LogP) is 1.79. The minimum Gasteiger partial charge on any atom is -0.480 e. The topological polar surface area (TPSA) is 53.4 Å². The first-order valence-electron chi connectivity index (χ1n) is 5.98. The largest absolute Gasteiger partial charge is 0.480 e. The van der Waals surface area contributed by atoms with E-state index < -0.39 is 5.97 Å². The highest BCUT2D eigenvalue weighted by molar-refractivity contribution is 7.09. The Morgan fingerprint density at radius 3 is 2.94 bits per heavy atom. The minimum atomic E-state index is -0.730. The molecule has 1 fully saturated rings. The molecular weight excluding hydrogens is 236 g/mol. The summed E-state index contributed by atoms with van der Waals surface area (Å²) in [6, 6.07) is 0. The van der Waals surface area contributed by atoms with Crippen LogP contribution in [0.4, 0.5) is 0 Å². The Bertz CT molecular complexity index is 388. The summed E-state index contributed by atoms with van der Waals surface area (Å²) >= 11 is 1.66. The molecule has 1 aromatic rings. The van der Waals surface area contributed by atoms with Gasteiger partial charge in [0.05, 0.1) is 17.7 Å². The molecular formula is C12H18N2O2S. The average molecular weight is 254 g/mol. The van der Waals surface area contributed by atoms with Crippen LogP contribution in [0.15, 0.2) is 5.51 Å². The Balaban J connectivity index is 1.83. The SMILES string of the molecule is Cc1ncsc1CCN(CC(=O)O)CC1CC1. The first kappa shape index (κ1) is 12.5. The van der Waals surface area contributed by atoms with Crippen molar-refractivity contribution < 1.29 is 9.90 Å². The average Bonchev–Trinajstić information content (AvgIpc) is 2.97. The molecule has 4 nitrogen and oxygen atoms in total. The van der Waals surface area contributed by atoms with Gasteiger partial charge in [-0.25, -0.2) is 4.98 Å². The first-order valence-corrected chi connectivity index (χ1v) is 6.86. The molecule has 0 radical (unpaired) electrons. The summed E-state index contributed by atoms with van der Waals surface area (Å²) in [5.41, 5.74) is 2.93. The van der Waals surface area contributed by atoms with E-state index in [9.17, 15) is 4.79 Å². The molecule has 1 aliphatic carbocycles. The van der Waals surface area contributed by atoms with Crippen LogP contribution in [0, 0.1) is 12.8 Å². The van der Waals surface area contributed by atoms with Crippen molar-refractivity contribution in [3.05, 3.63) is 16.1 Å². The van der Waals surface area contributed by atoms with Crippen molar-refractivity contribution in [3.8, 4) is 0 Å². The van der Waals surface area contributed by atoms with E-state index in [4.69, 9.17) is 5.11 Å². The number of thiazole rings is 1. The normalized spacial score (nSPS) is 15.4. The molecule has 0 bridgehead atoms. The third kappa shape index (κ3) is 4.09. The van der Waals surface area contributed by atoms with Crippen LogP contribution in [0.1, 0.15) is 23.4 Å². The van der Waals surface area contributed by atoms with Crippen LogP contribution in [0.25, 0.3) is 0 Å². The van der Waals surface area contributed by atoms with Gasteiger partial charge in [0, 0.05) is 18.0 Å². The number of aryl methyl sites for hydroxylation is 1. The molecule has 1 aliphatic rings. The second kappa shape index (κ2) is 5.60. The fraction of sp³-hybridized carbons (Fsp3) is 0.667. The smallest absolute Gasteiger partial charge is 0.317 e. The molecule has 94 valence electrons. The summed E-state index contributed by atoms with van der Waals surface area (Å²) in [4.78, 5) is 18.3. The molecule has 0 unspecified atom stereocenters. The minimum absolute atomic E-state index is 0.161. The zero-order chi connectivity index (χ0) is 12.3. The Morgan fingerprint density at radius 1 is 1.65 bits per heavy atom. The van der Waals surface area contributed by atoms with Crippen molar-refractivity contribution in [2.45, 2.75) is 26.2 Å². The van der Waals surface area contributed by atoms with Crippen LogP contribution in [0.3, 0.4) is 0 Å². The summed E-state index contributed by atoms with van der Waals surface area (Å²) in [6.45, 7) is 3.93. The van der Waals surface area contributed by atoms with Gasteiger partial charge in [0.2, 0.25) is 0 Å². The fourth-order valence-corrected chi connectivity index (χ4v) is 2.69. The molecule has 0 amide bonds. The van der Waals surface area contributed by atoms with Gasteiger partial charge in [-0.3, -0.25) is 9.69 Å². The van der Waals surface area contributed by atoms with Crippen molar-refractivity contribution in [1.29, 1.82) is 0 Å². The molecule has 1 saturated carbocycles. The van der Waals surface area contributed by atoms with Crippen molar-refractivity contribution in [1.82, 2.24) is 9.88 Å². The van der Waals surface area contributed by atoms with Crippen LogP contribution >= 0.6 is 11.3 Å². The molecule has 0 aliphatic heterocycles. The van der Waals surface area contributed by atoms with E-state index in [1.807, 2.05) is 12.4 Å². The Morgan fingerprint density at radius 2 is 2.41 bits per heavy atom. The quantitative estimate of drug-likeness (QED) is 0.806. The van der Waals surface area contributed by atoms with Crippen LogP contribution in [-0.4, -0.2) is 40.6 Å². The zero-order valence-electron chi connectivity index (χ0n) is 10.1. The van der Waals surface area contributed by atoms with Gasteiger partial charge < -0.3 is 5.11 Å². The lowest BCUT2D eigenvalue weighted by molar-refractivity contribution is -0.138. The van der Waals surface area contributed by atoms with Crippen LogP contribution in [0.5, 0.6) is 0 Å². The number of aromatic nitrogens is 1. The predicted molar refractivity (Wildman–Crippen MR) is 67.4 cm³/mol. The second-order valence-corrected chi connectivity index (χ2v) is 5.62. The van der Waals surface area contributed by atoms with Gasteiger partial charge in [-0.15, -0.1) is 11.3 Å². The van der Waals surface area contributed by atoms with Gasteiger partial charge in [-0.1, -0.05) is 0 Å². The van der Waals surface area contributed by atoms with Gasteiger partial charge >= 0.3 is 5.97 Å². The van der Waals surface area contributed by atoms with Gasteiger partial charge in [0.1, 0.15) is 0 Å². The fourth-order valence-electron chi connectivity index (χ4n) is 1.92. The number of hydrogen-bond donors (Lipinski definition) is 1. The molecule has 0 aromatic carbocycles. The number of carbonyl (C=O) groups is 1. The molecule has 17 heavy (non-hydrogen) atoms. The lowest BCUT2D eigenvalue weighted by atomic mass is 10.2.